The quantitative estimate of drug-likeness (QED) is 0.0480. The van der Waals surface area contributed by atoms with Crippen LogP contribution < -0.4 is 0 Å². The van der Waals surface area contributed by atoms with E-state index in [1.807, 2.05) is 0 Å². The van der Waals surface area contributed by atoms with E-state index in [1.165, 1.54) is 141 Å². The van der Waals surface area contributed by atoms with Crippen molar-refractivity contribution in [1.82, 2.24) is 9.80 Å². The lowest BCUT2D eigenvalue weighted by molar-refractivity contribution is -0.0745. The van der Waals surface area contributed by atoms with Crippen molar-refractivity contribution in [3.63, 3.8) is 0 Å². The topological polar surface area (TPSA) is 52.6 Å². The summed E-state index contributed by atoms with van der Waals surface area (Å²) >= 11 is 0. The van der Waals surface area contributed by atoms with Crippen LogP contribution in [0.3, 0.4) is 0 Å². The molecule has 9 atom stereocenters. The van der Waals surface area contributed by atoms with Gasteiger partial charge in [0.25, 0.3) is 0 Å². The fourth-order valence-corrected chi connectivity index (χ4v) is 14.7. The summed E-state index contributed by atoms with van der Waals surface area (Å²) < 4.78 is 31.2. The van der Waals surface area contributed by atoms with Gasteiger partial charge in [0.15, 0.2) is 0 Å². The number of morpholine rings is 1. The molecule has 4 aliphatic carbocycles. The third-order valence-corrected chi connectivity index (χ3v) is 18.8. The molecule has 2 saturated heterocycles. The van der Waals surface area contributed by atoms with Crippen LogP contribution in [-0.4, -0.2) is 114 Å². The Bertz CT molecular complexity index is 1430. The lowest BCUT2D eigenvalue weighted by Gasteiger charge is -2.58. The Morgan fingerprint density at radius 2 is 1.44 bits per heavy atom. The Labute approximate surface area is 420 Å². The summed E-state index contributed by atoms with van der Waals surface area (Å²) in [6.45, 7) is 26.2. The minimum Gasteiger partial charge on any atom is -0.379 e. The number of ether oxygens (including phenoxy) is 5. The van der Waals surface area contributed by atoms with Crippen molar-refractivity contribution in [2.24, 2.45) is 46.3 Å². The lowest BCUT2D eigenvalue weighted by Crippen LogP contribution is -2.51. The molecular formula is C61H108N2O5. The van der Waals surface area contributed by atoms with E-state index in [4.69, 9.17) is 23.7 Å². The SMILES string of the molecule is CCCCC/C=C\C/C=C\CCCCCCCCOCC(CN1CCC(N2CCOCC2)CC1)OCCOCCO[C@H]1CC[C@@]2(C)C(=CCC3C2CC[C@@]2(C)C3CC[C@@H]2[C@H](C)CCCC(C)C)C1. The number of nitrogens with zero attached hydrogens (tertiary/aromatic N) is 2. The molecule has 0 N–H and O–H groups in total. The van der Waals surface area contributed by atoms with E-state index in [0.717, 1.165) is 107 Å². The van der Waals surface area contributed by atoms with Crippen molar-refractivity contribution in [3.05, 3.63) is 36.0 Å². The molecule has 68 heavy (non-hydrogen) atoms. The summed E-state index contributed by atoms with van der Waals surface area (Å²) in [4.78, 5) is 5.27. The molecule has 0 aromatic rings. The van der Waals surface area contributed by atoms with Crippen LogP contribution in [0.2, 0.25) is 0 Å². The zero-order chi connectivity index (χ0) is 47.9. The van der Waals surface area contributed by atoms with E-state index in [-0.39, 0.29) is 6.10 Å². The number of likely N-dealkylation sites (tertiary alicyclic amines) is 1. The van der Waals surface area contributed by atoms with E-state index in [2.05, 4.69) is 81.7 Å². The van der Waals surface area contributed by atoms with Crippen LogP contribution in [0.15, 0.2) is 36.0 Å². The summed E-state index contributed by atoms with van der Waals surface area (Å²) in [7, 11) is 0. The zero-order valence-corrected chi connectivity index (χ0v) is 45.4. The number of hydrogen-bond donors (Lipinski definition) is 0. The highest BCUT2D eigenvalue weighted by Gasteiger charge is 2.59. The van der Waals surface area contributed by atoms with Crippen molar-refractivity contribution in [2.45, 2.75) is 220 Å². The van der Waals surface area contributed by atoms with Crippen molar-refractivity contribution in [2.75, 3.05) is 85.6 Å². The second-order valence-electron chi connectivity index (χ2n) is 24.0. The van der Waals surface area contributed by atoms with Crippen LogP contribution in [0.1, 0.15) is 202 Å². The largest absolute Gasteiger partial charge is 0.379 e. The number of rotatable bonds is 33. The van der Waals surface area contributed by atoms with E-state index in [0.29, 0.717) is 56.0 Å². The highest BCUT2D eigenvalue weighted by Crippen LogP contribution is 2.67. The van der Waals surface area contributed by atoms with Crippen LogP contribution in [0.4, 0.5) is 0 Å². The van der Waals surface area contributed by atoms with Gasteiger partial charge in [-0.3, -0.25) is 4.90 Å². The molecule has 0 radical (unpaired) electrons. The Balaban J connectivity index is 0.842. The van der Waals surface area contributed by atoms with Gasteiger partial charge in [-0.1, -0.05) is 135 Å². The molecule has 0 aromatic carbocycles. The molecule has 2 heterocycles. The Morgan fingerprint density at radius 1 is 0.706 bits per heavy atom. The number of fused-ring (bicyclic) bond motifs is 5. The Morgan fingerprint density at radius 3 is 2.21 bits per heavy atom. The summed E-state index contributed by atoms with van der Waals surface area (Å²) in [5, 5.41) is 0. The second kappa shape index (κ2) is 30.9. The molecule has 0 spiro atoms. The molecule has 0 amide bonds. The Kier molecular flexibility index (Phi) is 25.5. The predicted molar refractivity (Wildman–Crippen MR) is 285 cm³/mol. The van der Waals surface area contributed by atoms with Gasteiger partial charge >= 0.3 is 0 Å². The first-order valence-electron chi connectivity index (χ1n) is 29.6. The van der Waals surface area contributed by atoms with Gasteiger partial charge in [-0.25, -0.2) is 0 Å². The van der Waals surface area contributed by atoms with Crippen LogP contribution in [0, 0.1) is 46.3 Å². The number of piperidine rings is 1. The molecule has 2 aliphatic heterocycles. The standard InChI is InChI=1S/C61H108N2O5/c1-7-8-9-10-11-12-13-14-15-16-17-18-19-20-21-22-40-66-49-55(48-62-36-32-53(33-37-62)63-38-41-64-42-39-63)68-46-44-65-43-45-67-54-30-34-60(5)52(47-54)26-27-56-58-29-28-57(51(4)25-23-24-50(2)3)61(58,6)35-31-59(56)60/h11-12,14-15,26,50-51,53-59H,7-10,13,16-25,27-49H2,1-6H3/b12-11-,15-14-/t51-,54+,55?,56?,57-,58?,59?,60+,61-/m1/s1. The molecule has 6 rings (SSSR count). The van der Waals surface area contributed by atoms with Crippen molar-refractivity contribution in [1.29, 1.82) is 0 Å². The van der Waals surface area contributed by atoms with Crippen LogP contribution in [0.25, 0.3) is 0 Å². The smallest absolute Gasteiger partial charge is 0.0936 e. The Hall–Kier alpha value is -1.06. The summed E-state index contributed by atoms with van der Waals surface area (Å²) in [5.41, 5.74) is 2.66. The normalized spacial score (nSPS) is 30.5. The summed E-state index contributed by atoms with van der Waals surface area (Å²) in [6, 6.07) is 0.696. The molecule has 5 fully saturated rings. The molecule has 3 saturated carbocycles. The molecule has 0 bridgehead atoms. The first-order chi connectivity index (χ1) is 33.2. The summed E-state index contributed by atoms with van der Waals surface area (Å²) in [6.07, 6.45) is 45.3. The molecule has 392 valence electrons. The van der Waals surface area contributed by atoms with Gasteiger partial charge in [0.2, 0.25) is 0 Å². The first-order valence-corrected chi connectivity index (χ1v) is 29.6. The fourth-order valence-electron chi connectivity index (χ4n) is 14.7. The molecule has 7 heteroatoms. The maximum absolute atomic E-state index is 6.56. The van der Waals surface area contributed by atoms with Gasteiger partial charge < -0.3 is 28.6 Å². The van der Waals surface area contributed by atoms with Gasteiger partial charge in [-0.15, -0.1) is 0 Å². The molecule has 0 aromatic heterocycles. The maximum Gasteiger partial charge on any atom is 0.0936 e. The number of hydrogen-bond acceptors (Lipinski definition) is 7. The molecule has 4 unspecified atom stereocenters. The number of unbranched alkanes of at least 4 members (excludes halogenated alkanes) is 9. The van der Waals surface area contributed by atoms with Gasteiger partial charge in [0, 0.05) is 32.3 Å². The predicted octanol–water partition coefficient (Wildman–Crippen LogP) is 14.4. The minimum absolute atomic E-state index is 0.0791. The third kappa shape index (κ3) is 17.6. The zero-order valence-electron chi connectivity index (χ0n) is 45.4. The van der Waals surface area contributed by atoms with Crippen molar-refractivity contribution >= 4 is 0 Å². The third-order valence-electron chi connectivity index (χ3n) is 18.8. The second-order valence-corrected chi connectivity index (χ2v) is 24.0. The van der Waals surface area contributed by atoms with E-state index >= 15 is 0 Å². The first kappa shape index (κ1) is 56.2. The average molecular weight is 950 g/mol. The fraction of sp³-hybridized carbons (Fsp3) is 0.902. The highest BCUT2D eigenvalue weighted by atomic mass is 16.6. The maximum atomic E-state index is 6.56. The molecule has 7 nitrogen and oxygen atoms in total. The van der Waals surface area contributed by atoms with E-state index < -0.39 is 0 Å². The van der Waals surface area contributed by atoms with Gasteiger partial charge in [0.1, 0.15) is 0 Å². The average Bonchev–Trinajstić information content (AvgIpc) is 3.71. The monoisotopic (exact) mass is 949 g/mol. The van der Waals surface area contributed by atoms with Gasteiger partial charge in [-0.05, 0) is 162 Å². The van der Waals surface area contributed by atoms with Crippen LogP contribution in [-0.2, 0) is 23.7 Å². The van der Waals surface area contributed by atoms with Crippen LogP contribution in [0.5, 0.6) is 0 Å². The highest BCUT2D eigenvalue weighted by molar-refractivity contribution is 5.25. The van der Waals surface area contributed by atoms with Crippen molar-refractivity contribution < 1.29 is 23.7 Å². The molecular weight excluding hydrogens is 841 g/mol. The van der Waals surface area contributed by atoms with E-state index in [1.54, 1.807) is 5.57 Å². The van der Waals surface area contributed by atoms with Crippen molar-refractivity contribution in [3.8, 4) is 0 Å². The number of allylic oxidation sites excluding steroid dienone is 5. The van der Waals surface area contributed by atoms with Gasteiger partial charge in [-0.2, -0.15) is 0 Å². The lowest BCUT2D eigenvalue weighted by atomic mass is 9.47. The molecule has 6 aliphatic rings. The van der Waals surface area contributed by atoms with E-state index in [9.17, 15) is 0 Å². The van der Waals surface area contributed by atoms with Gasteiger partial charge in [0.05, 0.1) is 58.5 Å². The summed E-state index contributed by atoms with van der Waals surface area (Å²) in [5.74, 6) is 5.33. The minimum atomic E-state index is 0.0791. The van der Waals surface area contributed by atoms with Crippen LogP contribution >= 0.6 is 0 Å².